The summed E-state index contributed by atoms with van der Waals surface area (Å²) in [4.78, 5) is 40.1. The zero-order chi connectivity index (χ0) is 21.2. The predicted octanol–water partition coefficient (Wildman–Crippen LogP) is 1.78. The van der Waals surface area contributed by atoms with Crippen LogP contribution in [0.1, 0.15) is 33.6 Å². The summed E-state index contributed by atoms with van der Waals surface area (Å²) >= 11 is 0. The molecule has 152 valence electrons. The Kier molecular flexibility index (Phi) is 5.71. The highest BCUT2D eigenvalue weighted by Gasteiger charge is 2.38. The van der Waals surface area contributed by atoms with Crippen LogP contribution in [0.15, 0.2) is 47.4 Å². The number of benzene rings is 2. The summed E-state index contributed by atoms with van der Waals surface area (Å²) < 4.78 is 52.6. The average molecular weight is 424 g/mol. The van der Waals surface area contributed by atoms with Gasteiger partial charge in [0.05, 0.1) is 11.1 Å². The highest BCUT2D eigenvalue weighted by molar-refractivity contribution is 7.89. The zero-order valence-corrected chi connectivity index (χ0v) is 15.5. The smallest absolute Gasteiger partial charge is 0.330 e. The van der Waals surface area contributed by atoms with Gasteiger partial charge in [0.1, 0.15) is 16.5 Å². The lowest BCUT2D eigenvalue weighted by atomic mass is 10.1. The number of carbonyl (C=O) groups is 3. The molecule has 11 heteroatoms. The predicted molar refractivity (Wildman–Crippen MR) is 93.8 cm³/mol. The maximum Gasteiger partial charge on any atom is 0.333 e. The SMILES string of the molecule is O=C(CCCNS(=O)(=O)c1ccc(F)cc1F)ON1C(=O)c2ccccc2C1=O. The number of rotatable bonds is 7. The molecule has 29 heavy (non-hydrogen) atoms. The van der Waals surface area contributed by atoms with E-state index in [2.05, 4.69) is 4.72 Å². The lowest BCUT2D eigenvalue weighted by molar-refractivity contribution is -0.168. The molecule has 0 aliphatic carbocycles. The molecular formula is C18H14F2N2O6S. The van der Waals surface area contributed by atoms with Gasteiger partial charge in [-0.1, -0.05) is 17.2 Å². The van der Waals surface area contributed by atoms with Gasteiger partial charge in [0.25, 0.3) is 11.8 Å². The van der Waals surface area contributed by atoms with E-state index in [-0.39, 0.29) is 30.5 Å². The highest BCUT2D eigenvalue weighted by Crippen LogP contribution is 2.23. The first-order valence-electron chi connectivity index (χ1n) is 8.34. The molecule has 0 unspecified atom stereocenters. The van der Waals surface area contributed by atoms with Crippen molar-refractivity contribution in [3.63, 3.8) is 0 Å². The lowest BCUT2D eigenvalue weighted by Crippen LogP contribution is -2.33. The van der Waals surface area contributed by atoms with Crippen LogP contribution < -0.4 is 4.72 Å². The fraction of sp³-hybridized carbons (Fsp3) is 0.167. The van der Waals surface area contributed by atoms with Crippen LogP contribution in [0, 0.1) is 11.6 Å². The van der Waals surface area contributed by atoms with E-state index in [1.54, 1.807) is 12.1 Å². The van der Waals surface area contributed by atoms with Gasteiger partial charge in [-0.2, -0.15) is 0 Å². The number of carbonyl (C=O) groups excluding carboxylic acids is 3. The second kappa shape index (κ2) is 8.05. The van der Waals surface area contributed by atoms with E-state index in [4.69, 9.17) is 4.84 Å². The maximum absolute atomic E-state index is 13.6. The average Bonchev–Trinajstić information content (AvgIpc) is 2.90. The van der Waals surface area contributed by atoms with E-state index in [1.807, 2.05) is 0 Å². The van der Waals surface area contributed by atoms with Crippen LogP contribution >= 0.6 is 0 Å². The highest BCUT2D eigenvalue weighted by atomic mass is 32.2. The number of halogens is 2. The molecule has 2 aromatic rings. The van der Waals surface area contributed by atoms with Crippen LogP contribution in [0.3, 0.4) is 0 Å². The van der Waals surface area contributed by atoms with Gasteiger partial charge in [-0.05, 0) is 30.7 Å². The molecule has 0 aromatic heterocycles. The van der Waals surface area contributed by atoms with Gasteiger partial charge in [0.2, 0.25) is 10.0 Å². The molecule has 1 N–H and O–H groups in total. The maximum atomic E-state index is 13.6. The molecule has 1 aliphatic heterocycles. The van der Waals surface area contributed by atoms with Gasteiger partial charge in [-0.25, -0.2) is 26.7 Å². The Hall–Kier alpha value is -3.18. The van der Waals surface area contributed by atoms with Crippen LogP contribution in [0.25, 0.3) is 0 Å². The van der Waals surface area contributed by atoms with Gasteiger partial charge in [-0.3, -0.25) is 9.59 Å². The molecule has 0 bridgehead atoms. The summed E-state index contributed by atoms with van der Waals surface area (Å²) in [5.74, 6) is -4.63. The Bertz CT molecular complexity index is 1070. The molecular weight excluding hydrogens is 410 g/mol. The molecule has 1 heterocycles. The zero-order valence-electron chi connectivity index (χ0n) is 14.7. The Morgan fingerprint density at radius 2 is 1.66 bits per heavy atom. The number of nitrogens with zero attached hydrogens (tertiary/aromatic N) is 1. The van der Waals surface area contributed by atoms with E-state index in [0.717, 1.165) is 12.1 Å². The first-order chi connectivity index (χ1) is 13.7. The van der Waals surface area contributed by atoms with Crippen LogP contribution in [0.4, 0.5) is 8.78 Å². The standard InChI is InChI=1S/C18H14F2N2O6S/c19-11-7-8-15(14(20)10-11)29(26,27)21-9-3-6-16(23)28-22-17(24)12-4-1-2-5-13(12)18(22)25/h1-2,4-5,7-8,10,21H,3,6,9H2. The van der Waals surface area contributed by atoms with E-state index in [1.165, 1.54) is 12.1 Å². The minimum absolute atomic E-state index is 0.0515. The summed E-state index contributed by atoms with van der Waals surface area (Å²) in [5, 5.41) is 0.352. The number of fused-ring (bicyclic) bond motifs is 1. The van der Waals surface area contributed by atoms with Crippen LogP contribution in [-0.4, -0.2) is 37.8 Å². The first kappa shape index (κ1) is 20.6. The topological polar surface area (TPSA) is 110 Å². The molecule has 1 aliphatic rings. The molecule has 0 fully saturated rings. The summed E-state index contributed by atoms with van der Waals surface area (Å²) in [7, 11) is -4.24. The van der Waals surface area contributed by atoms with Crippen LogP contribution in [0.2, 0.25) is 0 Å². The van der Waals surface area contributed by atoms with Gasteiger partial charge < -0.3 is 4.84 Å². The summed E-state index contributed by atoms with van der Waals surface area (Å²) in [6.07, 6.45) is -0.369. The largest absolute Gasteiger partial charge is 0.333 e. The Balaban J connectivity index is 1.51. The monoisotopic (exact) mass is 424 g/mol. The van der Waals surface area contributed by atoms with Gasteiger partial charge >= 0.3 is 5.97 Å². The van der Waals surface area contributed by atoms with Crippen molar-refractivity contribution in [2.75, 3.05) is 6.54 Å². The molecule has 2 amide bonds. The quantitative estimate of drug-likeness (QED) is 0.536. The van der Waals surface area contributed by atoms with Gasteiger partial charge in [0.15, 0.2) is 0 Å². The molecule has 3 rings (SSSR count). The summed E-state index contributed by atoms with van der Waals surface area (Å²) in [5.41, 5.74) is 0.221. The van der Waals surface area contributed by atoms with Crippen molar-refractivity contribution in [3.05, 3.63) is 65.2 Å². The van der Waals surface area contributed by atoms with Crippen molar-refractivity contribution in [3.8, 4) is 0 Å². The molecule has 0 atom stereocenters. The third kappa shape index (κ3) is 4.30. The van der Waals surface area contributed by atoms with Crippen molar-refractivity contribution in [2.24, 2.45) is 0 Å². The number of hydroxylamine groups is 2. The number of nitrogens with one attached hydrogen (secondary N) is 1. The first-order valence-corrected chi connectivity index (χ1v) is 9.82. The normalized spacial score (nSPS) is 13.5. The number of hydrogen-bond acceptors (Lipinski definition) is 6. The summed E-state index contributed by atoms with van der Waals surface area (Å²) in [6.45, 7) is -0.254. The molecule has 8 nitrogen and oxygen atoms in total. The second-order valence-corrected chi connectivity index (χ2v) is 7.73. The number of amides is 2. The minimum atomic E-state index is -4.24. The Morgan fingerprint density at radius 3 is 2.24 bits per heavy atom. The van der Waals surface area contributed by atoms with Crippen molar-refractivity contribution in [1.29, 1.82) is 0 Å². The van der Waals surface area contributed by atoms with Crippen LogP contribution in [-0.2, 0) is 19.7 Å². The number of sulfonamides is 1. The fourth-order valence-corrected chi connectivity index (χ4v) is 3.74. The van der Waals surface area contributed by atoms with E-state index >= 15 is 0 Å². The van der Waals surface area contributed by atoms with Crippen molar-refractivity contribution >= 4 is 27.8 Å². The van der Waals surface area contributed by atoms with E-state index < -0.39 is 44.3 Å². The number of hydrogen-bond donors (Lipinski definition) is 1. The van der Waals surface area contributed by atoms with Crippen molar-refractivity contribution in [2.45, 2.75) is 17.7 Å². The molecule has 0 saturated heterocycles. The Morgan fingerprint density at radius 1 is 1.03 bits per heavy atom. The third-order valence-electron chi connectivity index (χ3n) is 3.98. The molecule has 0 saturated carbocycles. The second-order valence-electron chi connectivity index (χ2n) is 5.99. The Labute approximate surface area is 164 Å². The molecule has 2 aromatic carbocycles. The molecule has 0 radical (unpaired) electrons. The minimum Gasteiger partial charge on any atom is -0.330 e. The van der Waals surface area contributed by atoms with E-state index in [9.17, 15) is 31.6 Å². The van der Waals surface area contributed by atoms with Crippen molar-refractivity contribution in [1.82, 2.24) is 9.79 Å². The lowest BCUT2D eigenvalue weighted by Gasteiger charge is -2.12. The third-order valence-corrected chi connectivity index (χ3v) is 5.48. The summed E-state index contributed by atoms with van der Waals surface area (Å²) in [6, 6.07) is 7.99. The van der Waals surface area contributed by atoms with Gasteiger partial charge in [-0.15, -0.1) is 0 Å². The van der Waals surface area contributed by atoms with Gasteiger partial charge in [0, 0.05) is 19.0 Å². The van der Waals surface area contributed by atoms with Crippen LogP contribution in [0.5, 0.6) is 0 Å². The van der Waals surface area contributed by atoms with E-state index in [0.29, 0.717) is 11.1 Å². The molecule has 0 spiro atoms. The number of imide groups is 1. The van der Waals surface area contributed by atoms with Crippen molar-refractivity contribution < 1.29 is 36.4 Å². The fourth-order valence-electron chi connectivity index (χ4n) is 2.61.